The van der Waals surface area contributed by atoms with Crippen molar-refractivity contribution < 1.29 is 20.0 Å². The van der Waals surface area contributed by atoms with Gasteiger partial charge in [-0.1, -0.05) is 55.6 Å². The lowest BCUT2D eigenvalue weighted by Crippen LogP contribution is -2.88. The van der Waals surface area contributed by atoms with E-state index in [1.165, 1.54) is 0 Å². The van der Waals surface area contributed by atoms with Crippen molar-refractivity contribution in [3.63, 3.8) is 0 Å². The van der Waals surface area contributed by atoms with Gasteiger partial charge in [0.25, 0.3) is 0 Å². The third-order valence-electron chi connectivity index (χ3n) is 2.46. The molecule has 0 atom stereocenters. The van der Waals surface area contributed by atoms with Crippen LogP contribution in [0.2, 0.25) is 0 Å². The Morgan fingerprint density at radius 2 is 1.95 bits per heavy atom. The first-order valence-electron chi connectivity index (χ1n) is 6.69. The van der Waals surface area contributed by atoms with Gasteiger partial charge in [0.15, 0.2) is 0 Å². The number of aliphatic imine (C=N–C) groups is 1. The van der Waals surface area contributed by atoms with Crippen molar-refractivity contribution in [1.29, 1.82) is 0 Å². The van der Waals surface area contributed by atoms with E-state index in [4.69, 9.17) is 50.4 Å². The molecule has 0 heterocycles. The fourth-order valence-corrected chi connectivity index (χ4v) is 1.30. The van der Waals surface area contributed by atoms with E-state index in [1.807, 2.05) is 20.8 Å². The number of amides is 1. The number of hydrogen-bond donors (Lipinski definition) is 3. The SMILES string of the molecule is CC(C)(C)/C(N)=C/C(=N\C(=O)OCC(Cl)(Cl)Cl)[NH2+]CCCO. The number of amidine groups is 1. The highest BCUT2D eigenvalue weighted by Crippen LogP contribution is 2.26. The molecule has 128 valence electrons. The van der Waals surface area contributed by atoms with Crippen LogP contribution in [0.5, 0.6) is 0 Å². The average Bonchev–Trinajstić information content (AvgIpc) is 2.34. The van der Waals surface area contributed by atoms with Crippen molar-refractivity contribution in [2.75, 3.05) is 19.8 Å². The molecule has 0 saturated heterocycles. The van der Waals surface area contributed by atoms with E-state index in [1.54, 1.807) is 11.4 Å². The topological polar surface area (TPSA) is 102 Å². The van der Waals surface area contributed by atoms with Gasteiger partial charge in [-0.15, -0.1) is 4.99 Å². The molecule has 22 heavy (non-hydrogen) atoms. The normalized spacial score (nSPS) is 14.1. The first-order valence-corrected chi connectivity index (χ1v) is 7.83. The van der Waals surface area contributed by atoms with Gasteiger partial charge in [-0.25, -0.2) is 4.79 Å². The van der Waals surface area contributed by atoms with E-state index >= 15 is 0 Å². The molecule has 6 nitrogen and oxygen atoms in total. The van der Waals surface area contributed by atoms with Gasteiger partial charge in [0.2, 0.25) is 9.63 Å². The largest absolute Gasteiger partial charge is 0.443 e. The average molecular weight is 376 g/mol. The molecule has 0 rings (SSSR count). The molecule has 0 aromatic rings. The highest BCUT2D eigenvalue weighted by molar-refractivity contribution is 6.67. The summed E-state index contributed by atoms with van der Waals surface area (Å²) in [4.78, 5) is 15.4. The van der Waals surface area contributed by atoms with Crippen LogP contribution in [0, 0.1) is 5.41 Å². The zero-order valence-corrected chi connectivity index (χ0v) is 15.2. The van der Waals surface area contributed by atoms with Crippen molar-refractivity contribution in [2.45, 2.75) is 31.0 Å². The summed E-state index contributed by atoms with van der Waals surface area (Å²) in [7, 11) is 0. The summed E-state index contributed by atoms with van der Waals surface area (Å²) >= 11 is 16.5. The molecule has 0 aliphatic heterocycles. The van der Waals surface area contributed by atoms with E-state index in [-0.39, 0.29) is 12.0 Å². The summed E-state index contributed by atoms with van der Waals surface area (Å²) in [6.45, 7) is 5.99. The van der Waals surface area contributed by atoms with Gasteiger partial charge in [-0.2, -0.15) is 0 Å². The molecular weight excluding hydrogens is 353 g/mol. The van der Waals surface area contributed by atoms with Crippen LogP contribution in [0.3, 0.4) is 0 Å². The minimum atomic E-state index is -1.69. The standard InChI is InChI=1S/C13H22Cl3N3O3/c1-12(2,3)9(17)7-10(18-5-4-6-20)19-11(21)22-8-13(14,15)16/h7,20H,4-6,8,17H2,1-3H3,(H,18,19,21)/p+1/b9-7-. The fraction of sp³-hybridized carbons (Fsp3) is 0.692. The lowest BCUT2D eigenvalue weighted by Gasteiger charge is -2.18. The van der Waals surface area contributed by atoms with Crippen LogP contribution in [0.4, 0.5) is 4.79 Å². The Balaban J connectivity index is 4.98. The minimum Gasteiger partial charge on any atom is -0.443 e. The lowest BCUT2D eigenvalue weighted by atomic mass is 9.92. The van der Waals surface area contributed by atoms with Crippen molar-refractivity contribution in [2.24, 2.45) is 16.1 Å². The van der Waals surface area contributed by atoms with Gasteiger partial charge in [0.1, 0.15) is 6.61 Å². The number of alkyl halides is 3. The summed E-state index contributed by atoms with van der Waals surface area (Å²) < 4.78 is 3.06. The Hall–Kier alpha value is -0.530. The fourth-order valence-electron chi connectivity index (χ4n) is 1.14. The second-order valence-electron chi connectivity index (χ2n) is 5.63. The van der Waals surface area contributed by atoms with Crippen molar-refractivity contribution in [3.8, 4) is 0 Å². The Morgan fingerprint density at radius 1 is 1.36 bits per heavy atom. The molecule has 0 aromatic carbocycles. The maximum absolute atomic E-state index is 11.6. The number of hydrogen-bond acceptors (Lipinski definition) is 4. The number of quaternary nitrogens is 1. The molecule has 9 heteroatoms. The minimum absolute atomic E-state index is 0.0416. The van der Waals surface area contributed by atoms with Crippen LogP contribution in [0.1, 0.15) is 27.2 Å². The van der Waals surface area contributed by atoms with Crippen LogP contribution in [-0.2, 0) is 4.74 Å². The summed E-state index contributed by atoms with van der Waals surface area (Å²) in [5.74, 6) is 0.343. The number of aliphatic hydroxyl groups excluding tert-OH is 1. The van der Waals surface area contributed by atoms with E-state index in [0.29, 0.717) is 24.5 Å². The molecule has 0 aliphatic carbocycles. The number of halogens is 3. The third-order valence-corrected chi connectivity index (χ3v) is 2.79. The predicted octanol–water partition coefficient (Wildman–Crippen LogP) is 1.73. The molecule has 0 aromatic heterocycles. The molecule has 0 bridgehead atoms. The number of carbonyl (C=O) groups is 1. The van der Waals surface area contributed by atoms with Gasteiger partial charge >= 0.3 is 6.09 Å². The summed E-state index contributed by atoms with van der Waals surface area (Å²) in [5.41, 5.74) is 6.26. The van der Waals surface area contributed by atoms with Gasteiger partial charge in [0.05, 0.1) is 6.54 Å². The molecule has 1 amide bonds. The number of ether oxygens (including phenoxy) is 1. The molecule has 0 saturated carbocycles. The molecule has 0 unspecified atom stereocenters. The number of allylic oxidation sites excluding steroid dienone is 1. The van der Waals surface area contributed by atoms with E-state index in [0.717, 1.165) is 0 Å². The maximum atomic E-state index is 11.6. The predicted molar refractivity (Wildman–Crippen MR) is 89.3 cm³/mol. The molecular formula is C13H23Cl3N3O3+. The van der Waals surface area contributed by atoms with Crippen molar-refractivity contribution in [1.82, 2.24) is 0 Å². The highest BCUT2D eigenvalue weighted by Gasteiger charge is 2.22. The van der Waals surface area contributed by atoms with E-state index in [9.17, 15) is 4.79 Å². The van der Waals surface area contributed by atoms with Gasteiger partial charge in [-0.3, -0.25) is 5.32 Å². The van der Waals surface area contributed by atoms with Crippen LogP contribution >= 0.6 is 34.8 Å². The summed E-state index contributed by atoms with van der Waals surface area (Å²) in [6.07, 6.45) is 1.26. The Kier molecular flexibility index (Phi) is 9.34. The first-order chi connectivity index (χ1) is 9.95. The molecule has 0 spiro atoms. The number of rotatable bonds is 5. The number of carbonyl (C=O) groups excluding carboxylic acids is 1. The van der Waals surface area contributed by atoms with Crippen molar-refractivity contribution >= 4 is 46.7 Å². The van der Waals surface area contributed by atoms with Gasteiger partial charge in [-0.05, 0) is 0 Å². The maximum Gasteiger partial charge on any atom is 0.438 e. The molecule has 0 radical (unpaired) electrons. The number of aliphatic hydroxyl groups is 1. The van der Waals surface area contributed by atoms with Gasteiger partial charge in [0, 0.05) is 30.2 Å². The second kappa shape index (κ2) is 9.57. The zero-order valence-electron chi connectivity index (χ0n) is 12.9. The second-order valence-corrected chi connectivity index (χ2v) is 8.14. The summed E-state index contributed by atoms with van der Waals surface area (Å²) in [5, 5.41) is 10.5. The third kappa shape index (κ3) is 11.1. The number of nitrogens with two attached hydrogens (primary N) is 2. The van der Waals surface area contributed by atoms with Crippen LogP contribution in [0.15, 0.2) is 16.8 Å². The Morgan fingerprint density at radius 3 is 2.41 bits per heavy atom. The molecule has 0 aliphatic rings. The van der Waals surface area contributed by atoms with Gasteiger partial charge < -0.3 is 15.6 Å². The lowest BCUT2D eigenvalue weighted by molar-refractivity contribution is -0.539. The Bertz CT molecular complexity index is 426. The van der Waals surface area contributed by atoms with Crippen molar-refractivity contribution in [3.05, 3.63) is 11.8 Å². The highest BCUT2D eigenvalue weighted by atomic mass is 35.6. The van der Waals surface area contributed by atoms with Crippen LogP contribution in [-0.4, -0.2) is 40.6 Å². The monoisotopic (exact) mass is 374 g/mol. The Labute approximate surface area is 145 Å². The first kappa shape index (κ1) is 21.5. The zero-order chi connectivity index (χ0) is 17.4. The number of nitrogens with zero attached hydrogens (tertiary/aromatic N) is 1. The molecule has 0 fully saturated rings. The smallest absolute Gasteiger partial charge is 0.438 e. The summed E-state index contributed by atoms with van der Waals surface area (Å²) in [6, 6.07) is 0. The van der Waals surface area contributed by atoms with E-state index < -0.39 is 16.5 Å². The van der Waals surface area contributed by atoms with Crippen LogP contribution in [0.25, 0.3) is 0 Å². The van der Waals surface area contributed by atoms with E-state index in [2.05, 4.69) is 4.99 Å². The quantitative estimate of drug-likeness (QED) is 0.295. The molecule has 5 N–H and O–H groups in total. The van der Waals surface area contributed by atoms with Crippen LogP contribution < -0.4 is 11.1 Å².